The van der Waals surface area contributed by atoms with Gasteiger partial charge < -0.3 is 0 Å². The van der Waals surface area contributed by atoms with E-state index in [9.17, 15) is 0 Å². The molecule has 0 spiro atoms. The van der Waals surface area contributed by atoms with Gasteiger partial charge in [0.2, 0.25) is 0 Å². The van der Waals surface area contributed by atoms with E-state index in [-0.39, 0.29) is 0 Å². The smallest absolute Gasteiger partial charge is 0.0992 e. The lowest BCUT2D eigenvalue weighted by molar-refractivity contribution is 0.819. The molecule has 2 heteroatoms. The molecule has 0 amide bonds. The van der Waals surface area contributed by atoms with E-state index < -0.39 is 0 Å². The predicted molar refractivity (Wildman–Crippen MR) is 77.7 cm³/mol. The second-order valence-electron chi connectivity index (χ2n) is 5.30. The maximum Gasteiger partial charge on any atom is 0.0992 e. The Balaban J connectivity index is 2.36. The van der Waals surface area contributed by atoms with Crippen LogP contribution in [-0.4, -0.2) is 0 Å². The van der Waals surface area contributed by atoms with Crippen LogP contribution in [-0.2, 0) is 0 Å². The van der Waals surface area contributed by atoms with E-state index in [1.54, 1.807) is 11.8 Å². The van der Waals surface area contributed by atoms with Crippen molar-refractivity contribution in [2.45, 2.75) is 44.4 Å². The molecule has 1 fully saturated rings. The van der Waals surface area contributed by atoms with Crippen LogP contribution in [0.4, 0.5) is 0 Å². The molecule has 0 aromatic heterocycles. The highest BCUT2D eigenvalue weighted by Gasteiger charge is 2.26. The Kier molecular flexibility index (Phi) is 3.82. The Labute approximate surface area is 114 Å². The molecule has 0 saturated heterocycles. The van der Waals surface area contributed by atoms with E-state index in [1.807, 2.05) is 6.07 Å². The highest BCUT2D eigenvalue weighted by atomic mass is 32.2. The zero-order chi connectivity index (χ0) is 13.3. The summed E-state index contributed by atoms with van der Waals surface area (Å²) in [6, 6.07) is 6.34. The first-order valence-electron chi connectivity index (χ1n) is 6.44. The van der Waals surface area contributed by atoms with Crippen molar-refractivity contribution < 1.29 is 0 Å². The zero-order valence-electron chi connectivity index (χ0n) is 11.3. The molecule has 94 valence electrons. The Hall–Kier alpha value is -1.20. The fourth-order valence-electron chi connectivity index (χ4n) is 1.96. The van der Waals surface area contributed by atoms with Gasteiger partial charge in [-0.15, -0.1) is 0 Å². The molecule has 1 saturated carbocycles. The standard InChI is InChI=1S/C16H19NS/c1-10(2)12(4)18-16-8-13(9-17)7-15(11(16)3)14-5-6-14/h7-8,10,14H,4-6H2,1-3H3. The molecule has 0 bridgehead atoms. The van der Waals surface area contributed by atoms with Crippen molar-refractivity contribution in [1.82, 2.24) is 0 Å². The summed E-state index contributed by atoms with van der Waals surface area (Å²) in [5.41, 5.74) is 3.48. The van der Waals surface area contributed by atoms with Gasteiger partial charge in [-0.3, -0.25) is 0 Å². The SMILES string of the molecule is C=C(Sc1cc(C#N)cc(C2CC2)c1C)C(C)C. The molecule has 1 aromatic carbocycles. The fourth-order valence-corrected chi connectivity index (χ4v) is 2.93. The molecule has 2 rings (SSSR count). The second kappa shape index (κ2) is 5.20. The maximum absolute atomic E-state index is 9.14. The fraction of sp³-hybridized carbons (Fsp3) is 0.438. The lowest BCUT2D eigenvalue weighted by Crippen LogP contribution is -1.94. The number of benzene rings is 1. The van der Waals surface area contributed by atoms with Gasteiger partial charge in [0, 0.05) is 4.90 Å². The van der Waals surface area contributed by atoms with Crippen molar-refractivity contribution in [3.05, 3.63) is 40.3 Å². The minimum atomic E-state index is 0.463. The molecular formula is C16H19NS. The molecule has 0 radical (unpaired) electrons. The van der Waals surface area contributed by atoms with Crippen molar-refractivity contribution in [3.8, 4) is 6.07 Å². The average molecular weight is 257 g/mol. The van der Waals surface area contributed by atoms with Crippen LogP contribution in [0.2, 0.25) is 0 Å². The molecule has 0 N–H and O–H groups in total. The van der Waals surface area contributed by atoms with Crippen molar-refractivity contribution in [2.75, 3.05) is 0 Å². The summed E-state index contributed by atoms with van der Waals surface area (Å²) in [5, 5.41) is 9.14. The predicted octanol–water partition coefficient (Wildman–Crippen LogP) is 5.01. The van der Waals surface area contributed by atoms with Crippen molar-refractivity contribution >= 4 is 11.8 Å². The van der Waals surface area contributed by atoms with Gasteiger partial charge in [-0.1, -0.05) is 32.2 Å². The Morgan fingerprint density at radius 3 is 2.61 bits per heavy atom. The van der Waals surface area contributed by atoms with Crippen LogP contribution in [0.3, 0.4) is 0 Å². The Bertz CT molecular complexity index is 519. The monoisotopic (exact) mass is 257 g/mol. The minimum absolute atomic E-state index is 0.463. The third kappa shape index (κ3) is 2.79. The second-order valence-corrected chi connectivity index (χ2v) is 6.47. The lowest BCUT2D eigenvalue weighted by Gasteiger charge is -2.14. The highest BCUT2D eigenvalue weighted by Crippen LogP contribution is 2.45. The first-order chi connectivity index (χ1) is 8.52. The normalized spacial score (nSPS) is 14.6. The molecule has 0 heterocycles. The zero-order valence-corrected chi connectivity index (χ0v) is 12.1. The molecule has 0 unspecified atom stereocenters. The van der Waals surface area contributed by atoms with Gasteiger partial charge >= 0.3 is 0 Å². The number of thioether (sulfide) groups is 1. The number of nitrogens with zero attached hydrogens (tertiary/aromatic N) is 1. The van der Waals surface area contributed by atoms with Gasteiger partial charge in [-0.25, -0.2) is 0 Å². The van der Waals surface area contributed by atoms with Crippen molar-refractivity contribution in [3.63, 3.8) is 0 Å². The summed E-state index contributed by atoms with van der Waals surface area (Å²) in [4.78, 5) is 2.37. The lowest BCUT2D eigenvalue weighted by atomic mass is 10.0. The summed E-state index contributed by atoms with van der Waals surface area (Å²) in [6.45, 7) is 10.6. The topological polar surface area (TPSA) is 23.8 Å². The first kappa shape index (κ1) is 13.2. The van der Waals surface area contributed by atoms with E-state index in [2.05, 4.69) is 39.5 Å². The van der Waals surface area contributed by atoms with E-state index in [0.29, 0.717) is 11.8 Å². The van der Waals surface area contributed by atoms with Gasteiger partial charge in [-0.05, 0) is 59.8 Å². The number of hydrogen-bond donors (Lipinski definition) is 0. The van der Waals surface area contributed by atoms with Crippen LogP contribution in [0.1, 0.15) is 49.3 Å². The van der Waals surface area contributed by atoms with Crippen molar-refractivity contribution in [1.29, 1.82) is 5.26 Å². The third-order valence-corrected chi connectivity index (χ3v) is 4.81. The average Bonchev–Trinajstić information content (AvgIpc) is 3.15. The van der Waals surface area contributed by atoms with Gasteiger partial charge in [0.1, 0.15) is 0 Å². The van der Waals surface area contributed by atoms with E-state index in [4.69, 9.17) is 5.26 Å². The molecular weight excluding hydrogens is 238 g/mol. The van der Waals surface area contributed by atoms with Crippen molar-refractivity contribution in [2.24, 2.45) is 5.92 Å². The van der Waals surface area contributed by atoms with Gasteiger partial charge in [0.05, 0.1) is 11.6 Å². The maximum atomic E-state index is 9.14. The molecule has 1 nitrogen and oxygen atoms in total. The van der Waals surface area contributed by atoms with E-state index in [0.717, 1.165) is 10.5 Å². The molecule has 0 aliphatic heterocycles. The van der Waals surface area contributed by atoms with Gasteiger partial charge in [0.15, 0.2) is 0 Å². The largest absolute Gasteiger partial charge is 0.192 e. The number of nitriles is 1. The Morgan fingerprint density at radius 1 is 1.44 bits per heavy atom. The molecule has 1 aliphatic rings. The number of rotatable bonds is 4. The van der Waals surface area contributed by atoms with E-state index in [1.165, 1.54) is 28.9 Å². The Morgan fingerprint density at radius 2 is 2.11 bits per heavy atom. The third-order valence-electron chi connectivity index (χ3n) is 3.43. The van der Waals surface area contributed by atoms with Crippen LogP contribution in [0.5, 0.6) is 0 Å². The van der Waals surface area contributed by atoms with Gasteiger partial charge in [0.25, 0.3) is 0 Å². The highest BCUT2D eigenvalue weighted by molar-refractivity contribution is 8.03. The van der Waals surface area contributed by atoms with Crippen LogP contribution in [0.15, 0.2) is 28.5 Å². The van der Waals surface area contributed by atoms with Gasteiger partial charge in [-0.2, -0.15) is 5.26 Å². The van der Waals surface area contributed by atoms with Crippen LogP contribution >= 0.6 is 11.8 Å². The summed E-state index contributed by atoms with van der Waals surface area (Å²) in [7, 11) is 0. The quantitative estimate of drug-likeness (QED) is 0.708. The summed E-state index contributed by atoms with van der Waals surface area (Å²) >= 11 is 1.72. The number of allylic oxidation sites excluding steroid dienone is 1. The van der Waals surface area contributed by atoms with Crippen LogP contribution in [0, 0.1) is 24.2 Å². The van der Waals surface area contributed by atoms with Crippen LogP contribution in [0.25, 0.3) is 0 Å². The summed E-state index contributed by atoms with van der Waals surface area (Å²) in [5.74, 6) is 1.15. The minimum Gasteiger partial charge on any atom is -0.192 e. The molecule has 1 aromatic rings. The molecule has 0 atom stereocenters. The first-order valence-corrected chi connectivity index (χ1v) is 7.26. The van der Waals surface area contributed by atoms with E-state index >= 15 is 0 Å². The summed E-state index contributed by atoms with van der Waals surface area (Å²) < 4.78 is 0. The molecule has 1 aliphatic carbocycles. The number of hydrogen-bond acceptors (Lipinski definition) is 2. The molecule has 18 heavy (non-hydrogen) atoms. The summed E-state index contributed by atoms with van der Waals surface area (Å²) in [6.07, 6.45) is 2.54. The van der Waals surface area contributed by atoms with Crippen LogP contribution < -0.4 is 0 Å².